The standard InChI is InChI=1S/C23H18N6O5/c30-22-19-20(23(31)29(22)15-6-4-12-2-1-3-13(12)8-15)28(27-25-19)10-18-24-21(26-34-18)14-5-7-16-17(9-14)33-11-32-16/h4-9,19-20H,1-3,10-11H2/t19-,20-/m1/s1. The van der Waals surface area contributed by atoms with Crippen LogP contribution in [0.5, 0.6) is 11.5 Å². The minimum atomic E-state index is -0.878. The van der Waals surface area contributed by atoms with Crippen molar-refractivity contribution in [3.8, 4) is 22.9 Å². The summed E-state index contributed by atoms with van der Waals surface area (Å²) in [6.45, 7) is 0.229. The summed E-state index contributed by atoms with van der Waals surface area (Å²) in [4.78, 5) is 32.0. The van der Waals surface area contributed by atoms with Crippen LogP contribution in [-0.4, -0.2) is 45.8 Å². The third-order valence-corrected chi connectivity index (χ3v) is 6.59. The average Bonchev–Trinajstić information content (AvgIpc) is 3.66. The summed E-state index contributed by atoms with van der Waals surface area (Å²) < 4.78 is 16.1. The summed E-state index contributed by atoms with van der Waals surface area (Å²) in [5, 5.41) is 13.6. The first-order valence-electron chi connectivity index (χ1n) is 11.1. The van der Waals surface area contributed by atoms with Crippen LogP contribution in [0.4, 0.5) is 5.69 Å². The number of hydrogen-bond donors (Lipinski definition) is 0. The van der Waals surface area contributed by atoms with E-state index in [-0.39, 0.29) is 31.0 Å². The Labute approximate surface area is 192 Å². The van der Waals surface area contributed by atoms with Gasteiger partial charge in [-0.25, -0.2) is 4.90 Å². The second-order valence-corrected chi connectivity index (χ2v) is 8.59. The molecule has 4 aliphatic rings. The number of fused-ring (bicyclic) bond motifs is 3. The van der Waals surface area contributed by atoms with Crippen LogP contribution < -0.4 is 14.4 Å². The highest BCUT2D eigenvalue weighted by Crippen LogP contribution is 2.36. The predicted octanol–water partition coefficient (Wildman–Crippen LogP) is 2.45. The number of amides is 2. The van der Waals surface area contributed by atoms with Crippen LogP contribution in [0.25, 0.3) is 11.4 Å². The number of hydrogen-bond acceptors (Lipinski definition) is 10. The predicted molar refractivity (Wildman–Crippen MR) is 115 cm³/mol. The fourth-order valence-corrected chi connectivity index (χ4v) is 4.92. The average molecular weight is 458 g/mol. The Morgan fingerprint density at radius 3 is 2.79 bits per heavy atom. The number of ether oxygens (including phenoxy) is 2. The number of carbonyl (C=O) groups excluding carboxylic acids is 2. The number of aryl methyl sites for hydroxylation is 2. The van der Waals surface area contributed by atoms with Crippen molar-refractivity contribution in [2.45, 2.75) is 37.9 Å². The van der Waals surface area contributed by atoms with Gasteiger partial charge in [-0.1, -0.05) is 16.4 Å². The van der Waals surface area contributed by atoms with Crippen LogP contribution in [-0.2, 0) is 29.0 Å². The largest absolute Gasteiger partial charge is 0.454 e. The van der Waals surface area contributed by atoms with Gasteiger partial charge in [0.15, 0.2) is 23.6 Å². The molecule has 2 atom stereocenters. The molecule has 11 heteroatoms. The van der Waals surface area contributed by atoms with E-state index in [0.717, 1.165) is 19.3 Å². The minimum Gasteiger partial charge on any atom is -0.454 e. The maximum Gasteiger partial charge on any atom is 0.263 e. The van der Waals surface area contributed by atoms with E-state index in [2.05, 4.69) is 20.5 Å². The van der Waals surface area contributed by atoms with E-state index in [1.54, 1.807) is 18.2 Å². The molecule has 3 aromatic rings. The zero-order valence-electron chi connectivity index (χ0n) is 17.9. The summed E-state index contributed by atoms with van der Waals surface area (Å²) in [6.07, 6.45) is 3.08. The Kier molecular flexibility index (Phi) is 4.02. The van der Waals surface area contributed by atoms with Gasteiger partial charge in [0.2, 0.25) is 18.5 Å². The molecule has 0 radical (unpaired) electrons. The Hall–Kier alpha value is -4.28. The highest BCUT2D eigenvalue weighted by Gasteiger charge is 2.55. The number of imide groups is 1. The van der Waals surface area contributed by atoms with E-state index in [1.807, 2.05) is 18.2 Å². The highest BCUT2D eigenvalue weighted by atomic mass is 16.7. The summed E-state index contributed by atoms with van der Waals surface area (Å²) in [5.74, 6) is 1.17. The lowest BCUT2D eigenvalue weighted by molar-refractivity contribution is -0.123. The molecule has 0 spiro atoms. The van der Waals surface area contributed by atoms with Gasteiger partial charge in [0.1, 0.15) is 6.54 Å². The van der Waals surface area contributed by atoms with E-state index >= 15 is 0 Å². The third kappa shape index (κ3) is 2.82. The maximum absolute atomic E-state index is 13.3. The first kappa shape index (κ1) is 19.2. The third-order valence-electron chi connectivity index (χ3n) is 6.59. The Morgan fingerprint density at radius 1 is 0.971 bits per heavy atom. The van der Waals surface area contributed by atoms with Crippen molar-refractivity contribution in [2.24, 2.45) is 10.3 Å². The van der Waals surface area contributed by atoms with E-state index in [9.17, 15) is 9.59 Å². The van der Waals surface area contributed by atoms with Gasteiger partial charge >= 0.3 is 0 Å². The quantitative estimate of drug-likeness (QED) is 0.547. The molecule has 11 nitrogen and oxygen atoms in total. The van der Waals surface area contributed by atoms with Crippen molar-refractivity contribution in [1.82, 2.24) is 15.1 Å². The molecule has 1 aromatic heterocycles. The molecule has 0 bridgehead atoms. The van der Waals surface area contributed by atoms with Gasteiger partial charge in [0.05, 0.1) is 5.69 Å². The number of rotatable bonds is 4. The lowest BCUT2D eigenvalue weighted by Gasteiger charge is -2.19. The molecule has 0 unspecified atom stereocenters. The number of benzene rings is 2. The molecule has 7 rings (SSSR count). The number of aromatic nitrogens is 2. The van der Waals surface area contributed by atoms with E-state index in [1.165, 1.54) is 21.0 Å². The first-order chi connectivity index (χ1) is 16.7. The Balaban J connectivity index is 1.11. The first-order valence-corrected chi connectivity index (χ1v) is 11.1. The summed E-state index contributed by atoms with van der Waals surface area (Å²) >= 11 is 0. The molecular formula is C23H18N6O5. The second kappa shape index (κ2) is 7.11. The van der Waals surface area contributed by atoms with Gasteiger partial charge in [-0.3, -0.25) is 14.6 Å². The number of carbonyl (C=O) groups is 2. The highest BCUT2D eigenvalue weighted by molar-refractivity contribution is 6.25. The second-order valence-electron chi connectivity index (χ2n) is 8.59. The van der Waals surface area contributed by atoms with Crippen LogP contribution in [0.2, 0.25) is 0 Å². The van der Waals surface area contributed by atoms with Crippen LogP contribution in [0.1, 0.15) is 23.4 Å². The summed E-state index contributed by atoms with van der Waals surface area (Å²) in [7, 11) is 0. The zero-order valence-corrected chi connectivity index (χ0v) is 17.9. The van der Waals surface area contributed by atoms with E-state index in [0.29, 0.717) is 28.6 Å². The SMILES string of the molecule is O=C1[C@@H]2N=NN(Cc3nc(-c4ccc5c(c4)OCO5)no3)[C@H]2C(=O)N1c1ccc2c(c1)CCC2. The molecule has 0 N–H and O–H groups in total. The molecule has 2 amide bonds. The van der Waals surface area contributed by atoms with Gasteiger partial charge in [-0.2, -0.15) is 10.1 Å². The zero-order chi connectivity index (χ0) is 22.8. The van der Waals surface area contributed by atoms with E-state index in [4.69, 9.17) is 14.0 Å². The lowest BCUT2D eigenvalue weighted by Crippen LogP contribution is -2.39. The van der Waals surface area contributed by atoms with Crippen molar-refractivity contribution in [1.29, 1.82) is 0 Å². The Morgan fingerprint density at radius 2 is 1.85 bits per heavy atom. The Bertz CT molecular complexity index is 1380. The molecule has 3 aliphatic heterocycles. The smallest absolute Gasteiger partial charge is 0.263 e. The number of nitrogens with zero attached hydrogens (tertiary/aromatic N) is 6. The number of anilines is 1. The molecular weight excluding hydrogens is 440 g/mol. The molecule has 0 saturated carbocycles. The molecule has 34 heavy (non-hydrogen) atoms. The fourth-order valence-electron chi connectivity index (χ4n) is 4.92. The van der Waals surface area contributed by atoms with Gasteiger partial charge in [-0.05, 0) is 60.7 Å². The molecule has 1 fully saturated rings. The van der Waals surface area contributed by atoms with E-state index < -0.39 is 12.1 Å². The normalized spacial score (nSPS) is 22.1. The van der Waals surface area contributed by atoms with Crippen molar-refractivity contribution >= 4 is 17.5 Å². The van der Waals surface area contributed by atoms with Gasteiger partial charge in [0, 0.05) is 5.56 Å². The molecule has 170 valence electrons. The van der Waals surface area contributed by atoms with Gasteiger partial charge < -0.3 is 14.0 Å². The molecule has 2 aromatic carbocycles. The molecule has 4 heterocycles. The van der Waals surface area contributed by atoms with Crippen molar-refractivity contribution in [3.63, 3.8) is 0 Å². The lowest BCUT2D eigenvalue weighted by atomic mass is 10.1. The van der Waals surface area contributed by atoms with Gasteiger partial charge in [-0.15, -0.1) is 0 Å². The summed E-state index contributed by atoms with van der Waals surface area (Å²) in [6, 6.07) is 9.43. The van der Waals surface area contributed by atoms with Crippen molar-refractivity contribution in [2.75, 3.05) is 11.7 Å². The van der Waals surface area contributed by atoms with Crippen LogP contribution in [0, 0.1) is 0 Å². The molecule has 1 aliphatic carbocycles. The minimum absolute atomic E-state index is 0.0548. The summed E-state index contributed by atoms with van der Waals surface area (Å²) in [5.41, 5.74) is 3.76. The fraction of sp³-hybridized carbons (Fsp3) is 0.304. The van der Waals surface area contributed by atoms with Crippen LogP contribution in [0.15, 0.2) is 51.3 Å². The topological polar surface area (TPSA) is 123 Å². The maximum atomic E-state index is 13.3. The van der Waals surface area contributed by atoms with Gasteiger partial charge in [0.25, 0.3) is 11.8 Å². The monoisotopic (exact) mass is 458 g/mol. The van der Waals surface area contributed by atoms with Crippen molar-refractivity contribution < 1.29 is 23.6 Å². The van der Waals surface area contributed by atoms with Crippen LogP contribution in [0.3, 0.4) is 0 Å². The van der Waals surface area contributed by atoms with Crippen molar-refractivity contribution in [3.05, 3.63) is 53.4 Å². The molecule has 1 saturated heterocycles. The van der Waals surface area contributed by atoms with Crippen LogP contribution >= 0.6 is 0 Å².